The van der Waals surface area contributed by atoms with Crippen molar-refractivity contribution in [1.82, 2.24) is 19.4 Å². The number of imidazole rings is 1. The number of hydrogen-bond donors (Lipinski definition) is 0. The summed E-state index contributed by atoms with van der Waals surface area (Å²) < 4.78 is 1.99. The lowest BCUT2D eigenvalue weighted by atomic mass is 10.3. The maximum atomic E-state index is 4.64. The first-order chi connectivity index (χ1) is 8.81. The number of aromatic nitrogens is 4. The molecule has 0 fully saturated rings. The molecule has 0 aliphatic carbocycles. The zero-order valence-corrected chi connectivity index (χ0v) is 9.83. The molecule has 0 amide bonds. The second-order valence-electron chi connectivity index (χ2n) is 4.41. The van der Waals surface area contributed by atoms with Gasteiger partial charge in [0.25, 0.3) is 0 Å². The van der Waals surface area contributed by atoms with Crippen LogP contribution in [0.1, 0.15) is 5.56 Å². The molecular formula is C14H10N4. The fourth-order valence-corrected chi connectivity index (χ4v) is 2.19. The molecule has 86 valence electrons. The summed E-state index contributed by atoms with van der Waals surface area (Å²) in [6.45, 7) is 2.06. The van der Waals surface area contributed by atoms with Crippen LogP contribution in [0, 0.1) is 6.92 Å². The summed E-state index contributed by atoms with van der Waals surface area (Å²) in [5.41, 5.74) is 5.34. The van der Waals surface area contributed by atoms with Gasteiger partial charge in [0.2, 0.25) is 0 Å². The molecule has 0 bridgehead atoms. The highest BCUT2D eigenvalue weighted by molar-refractivity contribution is 5.84. The molecule has 0 unspecified atom stereocenters. The zero-order chi connectivity index (χ0) is 12.1. The number of rotatable bonds is 0. The maximum absolute atomic E-state index is 4.64. The van der Waals surface area contributed by atoms with E-state index in [1.807, 2.05) is 47.0 Å². The Hall–Kier alpha value is -2.49. The molecule has 0 spiro atoms. The first kappa shape index (κ1) is 9.53. The molecule has 0 atom stereocenters. The van der Waals surface area contributed by atoms with Crippen LogP contribution < -0.4 is 0 Å². The van der Waals surface area contributed by atoms with Crippen LogP contribution in [0.2, 0.25) is 0 Å². The van der Waals surface area contributed by atoms with Gasteiger partial charge in [0.15, 0.2) is 11.3 Å². The molecule has 1 aromatic carbocycles. The fourth-order valence-electron chi connectivity index (χ4n) is 2.19. The largest absolute Gasteiger partial charge is 0.282 e. The van der Waals surface area contributed by atoms with Crippen LogP contribution in [0.3, 0.4) is 0 Å². The van der Waals surface area contributed by atoms with E-state index in [1.54, 1.807) is 0 Å². The van der Waals surface area contributed by atoms with Gasteiger partial charge in [-0.25, -0.2) is 15.0 Å². The zero-order valence-electron chi connectivity index (χ0n) is 9.83. The number of hydrogen-bond acceptors (Lipinski definition) is 3. The maximum Gasteiger partial charge on any atom is 0.198 e. The number of nitrogens with zero attached hydrogens (tertiary/aromatic N) is 4. The molecule has 3 aromatic heterocycles. The summed E-state index contributed by atoms with van der Waals surface area (Å²) in [4.78, 5) is 13.7. The minimum Gasteiger partial charge on any atom is -0.282 e. The monoisotopic (exact) mass is 234 g/mol. The fraction of sp³-hybridized carbons (Fsp3) is 0.0714. The Balaban J connectivity index is 2.25. The number of fused-ring (bicyclic) bond motifs is 4. The molecule has 4 rings (SSSR count). The van der Waals surface area contributed by atoms with Crippen molar-refractivity contribution in [2.45, 2.75) is 6.92 Å². The smallest absolute Gasteiger partial charge is 0.198 e. The minimum atomic E-state index is 0.694. The molecule has 4 heteroatoms. The van der Waals surface area contributed by atoms with Crippen LogP contribution in [0.4, 0.5) is 0 Å². The Morgan fingerprint density at radius 2 is 1.67 bits per heavy atom. The van der Waals surface area contributed by atoms with E-state index in [0.29, 0.717) is 5.65 Å². The van der Waals surface area contributed by atoms with E-state index in [1.165, 1.54) is 5.56 Å². The summed E-state index contributed by atoms with van der Waals surface area (Å²) >= 11 is 0. The van der Waals surface area contributed by atoms with E-state index in [0.717, 1.165) is 22.3 Å². The SMILES string of the molecule is Cc1ccc2nc3nc4ccccc4nc3n2c1. The van der Waals surface area contributed by atoms with Crippen molar-refractivity contribution in [3.8, 4) is 0 Å². The van der Waals surface area contributed by atoms with Gasteiger partial charge in [-0.1, -0.05) is 18.2 Å². The van der Waals surface area contributed by atoms with E-state index < -0.39 is 0 Å². The Morgan fingerprint density at radius 1 is 0.889 bits per heavy atom. The van der Waals surface area contributed by atoms with Crippen molar-refractivity contribution >= 4 is 28.0 Å². The van der Waals surface area contributed by atoms with Gasteiger partial charge in [0.1, 0.15) is 5.65 Å². The molecule has 3 heterocycles. The summed E-state index contributed by atoms with van der Waals surface area (Å²) in [5.74, 6) is 0. The molecule has 4 aromatic rings. The van der Waals surface area contributed by atoms with E-state index in [2.05, 4.69) is 21.9 Å². The summed E-state index contributed by atoms with van der Waals surface area (Å²) in [6.07, 6.45) is 2.04. The van der Waals surface area contributed by atoms with Crippen LogP contribution in [-0.2, 0) is 0 Å². The van der Waals surface area contributed by atoms with Crippen molar-refractivity contribution < 1.29 is 0 Å². The van der Waals surface area contributed by atoms with Crippen LogP contribution in [-0.4, -0.2) is 19.4 Å². The molecule has 4 nitrogen and oxygen atoms in total. The number of aryl methyl sites for hydroxylation is 1. The molecule has 0 radical (unpaired) electrons. The summed E-state index contributed by atoms with van der Waals surface area (Å²) in [6, 6.07) is 11.9. The third-order valence-electron chi connectivity index (χ3n) is 3.06. The average Bonchev–Trinajstić information content (AvgIpc) is 2.73. The second-order valence-corrected chi connectivity index (χ2v) is 4.41. The molecule has 0 aliphatic rings. The van der Waals surface area contributed by atoms with Gasteiger partial charge in [0.05, 0.1) is 11.0 Å². The van der Waals surface area contributed by atoms with E-state index in [-0.39, 0.29) is 0 Å². The molecular weight excluding hydrogens is 224 g/mol. The van der Waals surface area contributed by atoms with Gasteiger partial charge in [-0.2, -0.15) is 0 Å². The lowest BCUT2D eigenvalue weighted by Crippen LogP contribution is -1.90. The van der Waals surface area contributed by atoms with Gasteiger partial charge in [0, 0.05) is 6.20 Å². The van der Waals surface area contributed by atoms with Gasteiger partial charge in [-0.05, 0) is 30.7 Å². The van der Waals surface area contributed by atoms with Crippen molar-refractivity contribution in [3.05, 3.63) is 48.2 Å². The van der Waals surface area contributed by atoms with Crippen LogP contribution >= 0.6 is 0 Å². The normalized spacial score (nSPS) is 11.6. The Bertz CT molecular complexity index is 892. The Kier molecular flexibility index (Phi) is 1.73. The third kappa shape index (κ3) is 1.23. The summed E-state index contributed by atoms with van der Waals surface area (Å²) in [7, 11) is 0. The minimum absolute atomic E-state index is 0.694. The highest BCUT2D eigenvalue weighted by atomic mass is 15.1. The average molecular weight is 234 g/mol. The summed E-state index contributed by atoms with van der Waals surface area (Å²) in [5, 5.41) is 0. The molecule has 18 heavy (non-hydrogen) atoms. The molecule has 0 saturated heterocycles. The molecule has 0 aliphatic heterocycles. The molecule has 0 N–H and O–H groups in total. The van der Waals surface area contributed by atoms with Crippen molar-refractivity contribution in [3.63, 3.8) is 0 Å². The quantitative estimate of drug-likeness (QED) is 0.470. The van der Waals surface area contributed by atoms with Crippen LogP contribution in [0.15, 0.2) is 42.6 Å². The number of para-hydroxylation sites is 2. The van der Waals surface area contributed by atoms with E-state index in [9.17, 15) is 0 Å². The van der Waals surface area contributed by atoms with Crippen molar-refractivity contribution in [2.24, 2.45) is 0 Å². The highest BCUT2D eigenvalue weighted by Gasteiger charge is 2.08. The Labute approximate surface area is 103 Å². The van der Waals surface area contributed by atoms with Crippen molar-refractivity contribution in [2.75, 3.05) is 0 Å². The van der Waals surface area contributed by atoms with E-state index in [4.69, 9.17) is 0 Å². The lowest BCUT2D eigenvalue weighted by Gasteiger charge is -1.98. The Morgan fingerprint density at radius 3 is 2.50 bits per heavy atom. The topological polar surface area (TPSA) is 43.1 Å². The van der Waals surface area contributed by atoms with Gasteiger partial charge in [-0.3, -0.25) is 4.40 Å². The number of pyridine rings is 1. The first-order valence-electron chi connectivity index (χ1n) is 5.82. The number of benzene rings is 1. The highest BCUT2D eigenvalue weighted by Crippen LogP contribution is 2.17. The second kappa shape index (κ2) is 3.26. The third-order valence-corrected chi connectivity index (χ3v) is 3.06. The predicted molar refractivity (Wildman–Crippen MR) is 70.5 cm³/mol. The molecule has 0 saturated carbocycles. The van der Waals surface area contributed by atoms with Crippen molar-refractivity contribution in [1.29, 1.82) is 0 Å². The van der Waals surface area contributed by atoms with Gasteiger partial charge in [-0.15, -0.1) is 0 Å². The van der Waals surface area contributed by atoms with Crippen LogP contribution in [0.25, 0.3) is 28.0 Å². The predicted octanol–water partition coefficient (Wildman–Crippen LogP) is 2.74. The standard InChI is InChI=1S/C14H10N4/c1-9-6-7-12-17-13-14(18(12)8-9)16-11-5-3-2-4-10(11)15-13/h2-8H,1H3. The van der Waals surface area contributed by atoms with E-state index >= 15 is 0 Å². The van der Waals surface area contributed by atoms with Gasteiger partial charge >= 0.3 is 0 Å². The van der Waals surface area contributed by atoms with Crippen LogP contribution in [0.5, 0.6) is 0 Å². The lowest BCUT2D eigenvalue weighted by molar-refractivity contribution is 1.16. The first-order valence-corrected chi connectivity index (χ1v) is 5.82. The van der Waals surface area contributed by atoms with Gasteiger partial charge < -0.3 is 0 Å².